The van der Waals surface area contributed by atoms with Crippen LogP contribution in [-0.2, 0) is 17.5 Å². The number of fused-ring (bicyclic) bond motifs is 1. The maximum absolute atomic E-state index is 13.0. The number of amides is 2. The number of carbonyl (C=O) groups is 2. The molecule has 0 atom stereocenters. The first-order chi connectivity index (χ1) is 13.5. The molecule has 0 saturated heterocycles. The number of pyridine rings is 1. The van der Waals surface area contributed by atoms with Crippen molar-refractivity contribution in [3.05, 3.63) is 44.7 Å². The number of thiophene rings is 1. The van der Waals surface area contributed by atoms with Crippen LogP contribution in [0.1, 0.15) is 20.9 Å². The summed E-state index contributed by atoms with van der Waals surface area (Å²) in [7, 11) is 0. The number of aryl methyl sites for hydroxylation is 1. The molecule has 0 aliphatic rings. The third kappa shape index (κ3) is 4.01. The second kappa shape index (κ2) is 7.12. The number of nitrogens with zero attached hydrogens (tertiary/aromatic N) is 4. The van der Waals surface area contributed by atoms with Gasteiger partial charge in [0.1, 0.15) is 34.3 Å². The van der Waals surface area contributed by atoms with Gasteiger partial charge in [0.2, 0.25) is 5.91 Å². The van der Waals surface area contributed by atoms with Crippen molar-refractivity contribution in [1.82, 2.24) is 14.8 Å². The Hall–Kier alpha value is -3.55. The molecule has 14 heteroatoms. The van der Waals surface area contributed by atoms with Crippen LogP contribution < -0.4 is 11.1 Å². The molecule has 0 unspecified atom stereocenters. The number of hydrogen-bond acceptors (Lipinski definition) is 7. The predicted octanol–water partition coefficient (Wildman–Crippen LogP) is 2.47. The number of alkyl halides is 3. The SMILES string of the molecule is Cc1cc(C(F)(F)F)nc2sc(C(N)=O)c(NC(=O)Cn3cc([N+](=O)[O-])cn3)c12. The molecule has 3 heterocycles. The van der Waals surface area contributed by atoms with E-state index in [1.807, 2.05) is 0 Å². The highest BCUT2D eigenvalue weighted by molar-refractivity contribution is 7.21. The minimum Gasteiger partial charge on any atom is -0.365 e. The van der Waals surface area contributed by atoms with Gasteiger partial charge in [-0.25, -0.2) is 4.98 Å². The molecule has 0 fully saturated rings. The highest BCUT2D eigenvalue weighted by atomic mass is 32.1. The molecule has 0 aliphatic heterocycles. The number of anilines is 1. The van der Waals surface area contributed by atoms with E-state index in [2.05, 4.69) is 15.4 Å². The van der Waals surface area contributed by atoms with Crippen molar-refractivity contribution in [2.45, 2.75) is 19.6 Å². The molecular weight excluding hydrogens is 417 g/mol. The van der Waals surface area contributed by atoms with Gasteiger partial charge < -0.3 is 11.1 Å². The lowest BCUT2D eigenvalue weighted by atomic mass is 10.1. The van der Waals surface area contributed by atoms with Crippen LogP contribution in [-0.4, -0.2) is 31.5 Å². The third-order valence-corrected chi connectivity index (χ3v) is 4.87. The lowest BCUT2D eigenvalue weighted by Crippen LogP contribution is -2.21. The van der Waals surface area contributed by atoms with Crippen molar-refractivity contribution in [3.8, 4) is 0 Å². The van der Waals surface area contributed by atoms with E-state index < -0.39 is 35.2 Å². The fourth-order valence-electron chi connectivity index (χ4n) is 2.58. The van der Waals surface area contributed by atoms with E-state index in [0.29, 0.717) is 11.3 Å². The Bertz CT molecular complexity index is 1150. The third-order valence-electron chi connectivity index (χ3n) is 3.77. The van der Waals surface area contributed by atoms with Gasteiger partial charge in [0.25, 0.3) is 5.91 Å². The van der Waals surface area contributed by atoms with Crippen LogP contribution in [0.25, 0.3) is 10.2 Å². The molecule has 0 aliphatic carbocycles. The molecule has 10 nitrogen and oxygen atoms in total. The minimum atomic E-state index is -4.69. The van der Waals surface area contributed by atoms with E-state index in [0.717, 1.165) is 23.1 Å². The summed E-state index contributed by atoms with van der Waals surface area (Å²) in [6.45, 7) is 0.944. The topological polar surface area (TPSA) is 146 Å². The molecule has 0 radical (unpaired) electrons. The summed E-state index contributed by atoms with van der Waals surface area (Å²) in [5, 5.41) is 16.9. The predicted molar refractivity (Wildman–Crippen MR) is 95.4 cm³/mol. The normalized spacial score (nSPS) is 11.6. The van der Waals surface area contributed by atoms with Crippen molar-refractivity contribution in [2.24, 2.45) is 5.73 Å². The highest BCUT2D eigenvalue weighted by Gasteiger charge is 2.34. The zero-order valence-electron chi connectivity index (χ0n) is 14.5. The molecule has 3 N–H and O–H groups in total. The van der Waals surface area contributed by atoms with Gasteiger partial charge >= 0.3 is 11.9 Å². The van der Waals surface area contributed by atoms with E-state index in [1.54, 1.807) is 0 Å². The van der Waals surface area contributed by atoms with Crippen LogP contribution in [0.3, 0.4) is 0 Å². The number of primary amides is 1. The van der Waals surface area contributed by atoms with E-state index in [-0.39, 0.29) is 32.0 Å². The van der Waals surface area contributed by atoms with Gasteiger partial charge in [-0.2, -0.15) is 18.3 Å². The number of halogens is 3. The molecule has 152 valence electrons. The van der Waals surface area contributed by atoms with Crippen LogP contribution in [0.15, 0.2) is 18.5 Å². The van der Waals surface area contributed by atoms with Crippen LogP contribution in [0.5, 0.6) is 0 Å². The van der Waals surface area contributed by atoms with Gasteiger partial charge in [-0.05, 0) is 18.6 Å². The summed E-state index contributed by atoms with van der Waals surface area (Å²) in [4.78, 5) is 37.3. The number of rotatable bonds is 5. The minimum absolute atomic E-state index is 0.0668. The molecule has 3 aromatic heterocycles. The molecule has 2 amide bonds. The fourth-order valence-corrected chi connectivity index (χ4v) is 3.64. The average Bonchev–Trinajstić information content (AvgIpc) is 3.19. The summed E-state index contributed by atoms with van der Waals surface area (Å²) in [5.74, 6) is -1.67. The molecule has 3 aromatic rings. The van der Waals surface area contributed by atoms with E-state index >= 15 is 0 Å². The summed E-state index contributed by atoms with van der Waals surface area (Å²) in [6, 6.07) is 0.798. The summed E-state index contributed by atoms with van der Waals surface area (Å²) in [5.41, 5.74) is 3.90. The lowest BCUT2D eigenvalue weighted by molar-refractivity contribution is -0.385. The first-order valence-corrected chi connectivity index (χ1v) is 8.57. The Morgan fingerprint density at radius 2 is 2.10 bits per heavy atom. The zero-order valence-corrected chi connectivity index (χ0v) is 15.3. The fraction of sp³-hybridized carbons (Fsp3) is 0.200. The second-order valence-electron chi connectivity index (χ2n) is 5.87. The molecule has 29 heavy (non-hydrogen) atoms. The number of nitro groups is 1. The van der Waals surface area contributed by atoms with Gasteiger partial charge in [-0.3, -0.25) is 24.4 Å². The molecule has 3 rings (SSSR count). The average molecular weight is 428 g/mol. The van der Waals surface area contributed by atoms with Crippen molar-refractivity contribution >= 4 is 44.7 Å². The highest BCUT2D eigenvalue weighted by Crippen LogP contribution is 2.39. The van der Waals surface area contributed by atoms with Crippen molar-refractivity contribution in [1.29, 1.82) is 0 Å². The number of nitrogens with one attached hydrogen (secondary N) is 1. The molecular formula is C15H11F3N6O4S. The van der Waals surface area contributed by atoms with Crippen LogP contribution >= 0.6 is 11.3 Å². The van der Waals surface area contributed by atoms with E-state index in [1.165, 1.54) is 6.92 Å². The Morgan fingerprint density at radius 1 is 1.41 bits per heavy atom. The van der Waals surface area contributed by atoms with E-state index in [9.17, 15) is 32.9 Å². The number of nitrogens with two attached hydrogens (primary N) is 1. The van der Waals surface area contributed by atoms with Crippen LogP contribution in [0.2, 0.25) is 0 Å². The number of carbonyl (C=O) groups excluding carboxylic acids is 2. The quantitative estimate of drug-likeness (QED) is 0.471. The van der Waals surface area contributed by atoms with E-state index in [4.69, 9.17) is 5.73 Å². The number of aromatic nitrogens is 3. The number of hydrogen-bond donors (Lipinski definition) is 2. The molecule has 0 spiro atoms. The van der Waals surface area contributed by atoms with Gasteiger partial charge in [-0.15, -0.1) is 11.3 Å². The molecule has 0 saturated carbocycles. The Morgan fingerprint density at radius 3 is 2.66 bits per heavy atom. The zero-order chi connectivity index (χ0) is 21.5. The maximum atomic E-state index is 13.0. The standard InChI is InChI=1S/C15H11F3N6O4S/c1-6-2-8(15(16,17)18)21-14-10(6)11(12(29-14)13(19)26)22-9(25)5-23-4-7(3-20-23)24(27)28/h2-4H,5H2,1H3,(H2,19,26)(H,22,25). The van der Waals surface area contributed by atoms with Crippen molar-refractivity contribution in [3.63, 3.8) is 0 Å². The summed E-state index contributed by atoms with van der Waals surface area (Å²) < 4.78 is 40.0. The summed E-state index contributed by atoms with van der Waals surface area (Å²) >= 11 is 0.621. The maximum Gasteiger partial charge on any atom is 0.433 e. The van der Waals surface area contributed by atoms with Crippen molar-refractivity contribution in [2.75, 3.05) is 5.32 Å². The van der Waals surface area contributed by atoms with Gasteiger partial charge in [0.05, 0.1) is 10.6 Å². The van der Waals surface area contributed by atoms with Gasteiger partial charge in [0, 0.05) is 5.39 Å². The molecule has 0 bridgehead atoms. The molecule has 0 aromatic carbocycles. The first kappa shape index (κ1) is 20.2. The Labute approximate surface area is 163 Å². The van der Waals surface area contributed by atoms with Crippen molar-refractivity contribution < 1.29 is 27.7 Å². The monoisotopic (exact) mass is 428 g/mol. The second-order valence-corrected chi connectivity index (χ2v) is 6.87. The smallest absolute Gasteiger partial charge is 0.365 e. The van der Waals surface area contributed by atoms with Crippen LogP contribution in [0.4, 0.5) is 24.5 Å². The Kier molecular flexibility index (Phi) is 4.96. The first-order valence-electron chi connectivity index (χ1n) is 7.75. The van der Waals surface area contributed by atoms with Gasteiger partial charge in [-0.1, -0.05) is 0 Å². The largest absolute Gasteiger partial charge is 0.433 e. The Balaban J connectivity index is 1.98. The lowest BCUT2D eigenvalue weighted by Gasteiger charge is -2.09. The van der Waals surface area contributed by atoms with Gasteiger partial charge in [0.15, 0.2) is 0 Å². The summed E-state index contributed by atoms with van der Waals surface area (Å²) in [6.07, 6.45) is -2.70. The van der Waals surface area contributed by atoms with Crippen LogP contribution in [0, 0.1) is 17.0 Å².